The summed E-state index contributed by atoms with van der Waals surface area (Å²) in [6, 6.07) is 5.09. The second-order valence-corrected chi connectivity index (χ2v) is 3.91. The van der Waals surface area contributed by atoms with Crippen LogP contribution in [0, 0.1) is 5.82 Å². The van der Waals surface area contributed by atoms with Gasteiger partial charge in [0.05, 0.1) is 7.11 Å². The molecule has 2 nitrogen and oxygen atoms in total. The number of ether oxygens (including phenoxy) is 1. The third kappa shape index (κ3) is 3.65. The molecule has 0 spiro atoms. The molecule has 0 aliphatic heterocycles. The lowest BCUT2D eigenvalue weighted by atomic mass is 10.2. The van der Waals surface area contributed by atoms with E-state index < -0.39 is 0 Å². The predicted octanol–water partition coefficient (Wildman–Crippen LogP) is 2.94. The Balaban J connectivity index is 2.60. The van der Waals surface area contributed by atoms with E-state index in [1.165, 1.54) is 13.2 Å². The molecular weight excluding hydrogens is 229 g/mol. The highest BCUT2D eigenvalue weighted by Crippen LogP contribution is 2.16. The molecule has 0 fully saturated rings. The van der Waals surface area contributed by atoms with Crippen LogP contribution in [-0.2, 0) is 6.54 Å². The van der Waals surface area contributed by atoms with Crippen molar-refractivity contribution in [2.24, 2.45) is 0 Å². The highest BCUT2D eigenvalue weighted by Gasteiger charge is 2.07. The van der Waals surface area contributed by atoms with E-state index in [0.29, 0.717) is 23.7 Å². The zero-order valence-corrected chi connectivity index (χ0v) is 10.4. The molecule has 0 bridgehead atoms. The maximum Gasteiger partial charge on any atom is 0.131 e. The summed E-state index contributed by atoms with van der Waals surface area (Å²) in [6.45, 7) is 2.53. The normalized spacial score (nSPS) is 12.5. The summed E-state index contributed by atoms with van der Waals surface area (Å²) in [4.78, 5) is 0. The summed E-state index contributed by atoms with van der Waals surface area (Å²) >= 11 is 5.75. The fraction of sp³-hybridized carbons (Fsp3) is 0.500. The molecule has 90 valence electrons. The van der Waals surface area contributed by atoms with Gasteiger partial charge in [-0.1, -0.05) is 13.0 Å². The van der Waals surface area contributed by atoms with E-state index in [2.05, 4.69) is 5.32 Å². The van der Waals surface area contributed by atoms with Crippen LogP contribution in [0.15, 0.2) is 18.2 Å². The highest BCUT2D eigenvalue weighted by atomic mass is 35.5. The molecule has 16 heavy (non-hydrogen) atoms. The van der Waals surface area contributed by atoms with Gasteiger partial charge in [0.15, 0.2) is 0 Å². The molecule has 1 unspecified atom stereocenters. The molecule has 0 saturated heterocycles. The van der Waals surface area contributed by atoms with Crippen molar-refractivity contribution in [2.75, 3.05) is 13.0 Å². The van der Waals surface area contributed by atoms with Crippen LogP contribution in [-0.4, -0.2) is 19.0 Å². The van der Waals surface area contributed by atoms with E-state index >= 15 is 0 Å². The third-order valence-corrected chi connectivity index (χ3v) is 2.89. The second-order valence-electron chi connectivity index (χ2n) is 3.60. The largest absolute Gasteiger partial charge is 0.497 e. The maximum atomic E-state index is 13.5. The SMILES string of the molecule is CCC(CCl)NCc1ccc(OC)cc1F. The number of nitrogens with one attached hydrogen (secondary N) is 1. The minimum Gasteiger partial charge on any atom is -0.497 e. The molecule has 1 rings (SSSR count). The molecule has 0 saturated carbocycles. The van der Waals surface area contributed by atoms with Crippen molar-refractivity contribution in [3.8, 4) is 5.75 Å². The molecule has 0 amide bonds. The van der Waals surface area contributed by atoms with Crippen LogP contribution < -0.4 is 10.1 Å². The number of halogens is 2. The van der Waals surface area contributed by atoms with Crippen molar-refractivity contribution in [2.45, 2.75) is 25.9 Å². The van der Waals surface area contributed by atoms with Crippen molar-refractivity contribution < 1.29 is 9.13 Å². The van der Waals surface area contributed by atoms with E-state index in [1.54, 1.807) is 12.1 Å². The number of rotatable bonds is 6. The molecule has 1 N–H and O–H groups in total. The van der Waals surface area contributed by atoms with Gasteiger partial charge in [-0.2, -0.15) is 0 Å². The summed E-state index contributed by atoms with van der Waals surface area (Å²) in [5.41, 5.74) is 0.629. The number of hydrogen-bond donors (Lipinski definition) is 1. The van der Waals surface area contributed by atoms with Crippen molar-refractivity contribution in [3.63, 3.8) is 0 Å². The molecule has 0 radical (unpaired) electrons. The molecule has 4 heteroatoms. The van der Waals surface area contributed by atoms with Crippen LogP contribution in [0.1, 0.15) is 18.9 Å². The van der Waals surface area contributed by atoms with Crippen molar-refractivity contribution >= 4 is 11.6 Å². The maximum absolute atomic E-state index is 13.5. The van der Waals surface area contributed by atoms with Gasteiger partial charge in [0.2, 0.25) is 0 Å². The standard InChI is InChI=1S/C12H17ClFNO/c1-3-10(7-13)15-8-9-4-5-11(16-2)6-12(9)14/h4-6,10,15H,3,7-8H2,1-2H3. The Labute approximate surface area is 101 Å². The number of benzene rings is 1. The van der Waals surface area contributed by atoms with Crippen LogP contribution in [0.3, 0.4) is 0 Å². The van der Waals surface area contributed by atoms with Crippen LogP contribution in [0.5, 0.6) is 5.75 Å². The van der Waals surface area contributed by atoms with Gasteiger partial charge in [0, 0.05) is 30.1 Å². The topological polar surface area (TPSA) is 21.3 Å². The van der Waals surface area contributed by atoms with Crippen LogP contribution in [0.4, 0.5) is 4.39 Å². The quantitative estimate of drug-likeness (QED) is 0.778. The molecule has 1 aromatic carbocycles. The Bertz CT molecular complexity index is 329. The fourth-order valence-electron chi connectivity index (χ4n) is 1.36. The Kier molecular flexibility index (Phi) is 5.56. The Morgan fingerprint density at radius 2 is 2.25 bits per heavy atom. The Morgan fingerprint density at radius 1 is 1.50 bits per heavy atom. The lowest BCUT2D eigenvalue weighted by Gasteiger charge is -2.14. The molecule has 0 heterocycles. The van der Waals surface area contributed by atoms with E-state index in [9.17, 15) is 4.39 Å². The van der Waals surface area contributed by atoms with E-state index in [0.717, 1.165) is 6.42 Å². The summed E-state index contributed by atoms with van der Waals surface area (Å²) < 4.78 is 18.5. The van der Waals surface area contributed by atoms with Crippen molar-refractivity contribution in [1.82, 2.24) is 5.32 Å². The van der Waals surface area contributed by atoms with Gasteiger partial charge in [-0.3, -0.25) is 0 Å². The van der Waals surface area contributed by atoms with Gasteiger partial charge < -0.3 is 10.1 Å². The summed E-state index contributed by atoms with van der Waals surface area (Å²) in [6.07, 6.45) is 0.932. The van der Waals surface area contributed by atoms with E-state index in [-0.39, 0.29) is 11.9 Å². The smallest absolute Gasteiger partial charge is 0.131 e. The predicted molar refractivity (Wildman–Crippen MR) is 64.6 cm³/mol. The van der Waals surface area contributed by atoms with Gasteiger partial charge in [0.25, 0.3) is 0 Å². The molecule has 0 aliphatic rings. The van der Waals surface area contributed by atoms with Crippen LogP contribution >= 0.6 is 11.6 Å². The molecule has 0 aromatic heterocycles. The van der Waals surface area contributed by atoms with Crippen molar-refractivity contribution in [1.29, 1.82) is 0 Å². The molecule has 1 atom stereocenters. The van der Waals surface area contributed by atoms with Gasteiger partial charge in [-0.25, -0.2) is 4.39 Å². The Hall–Kier alpha value is -0.800. The third-order valence-electron chi connectivity index (χ3n) is 2.52. The second kappa shape index (κ2) is 6.71. The molecule has 0 aliphatic carbocycles. The number of methoxy groups -OCH3 is 1. The summed E-state index contributed by atoms with van der Waals surface area (Å²) in [5, 5.41) is 3.20. The zero-order chi connectivity index (χ0) is 12.0. The first-order valence-electron chi connectivity index (χ1n) is 5.33. The summed E-state index contributed by atoms with van der Waals surface area (Å²) in [7, 11) is 1.52. The van der Waals surface area contributed by atoms with Crippen molar-refractivity contribution in [3.05, 3.63) is 29.6 Å². The average molecular weight is 246 g/mol. The fourth-order valence-corrected chi connectivity index (χ4v) is 1.69. The number of alkyl halides is 1. The minimum atomic E-state index is -0.253. The van der Waals surface area contributed by atoms with Gasteiger partial charge in [-0.05, 0) is 12.5 Å². The van der Waals surface area contributed by atoms with Crippen LogP contribution in [0.2, 0.25) is 0 Å². The van der Waals surface area contributed by atoms with Gasteiger partial charge >= 0.3 is 0 Å². The van der Waals surface area contributed by atoms with Crippen LogP contribution in [0.25, 0.3) is 0 Å². The highest BCUT2D eigenvalue weighted by molar-refractivity contribution is 6.18. The van der Waals surface area contributed by atoms with Gasteiger partial charge in [0.1, 0.15) is 11.6 Å². The van der Waals surface area contributed by atoms with E-state index in [4.69, 9.17) is 16.3 Å². The van der Waals surface area contributed by atoms with E-state index in [1.807, 2.05) is 6.92 Å². The minimum absolute atomic E-state index is 0.225. The first-order chi connectivity index (χ1) is 7.71. The zero-order valence-electron chi connectivity index (χ0n) is 9.59. The monoisotopic (exact) mass is 245 g/mol. The average Bonchev–Trinajstić information content (AvgIpc) is 2.32. The summed E-state index contributed by atoms with van der Waals surface area (Å²) in [5.74, 6) is 0.816. The lowest BCUT2D eigenvalue weighted by Crippen LogP contribution is -2.29. The first kappa shape index (κ1) is 13.3. The molecular formula is C12H17ClFNO. The Morgan fingerprint density at radius 3 is 2.75 bits per heavy atom. The number of hydrogen-bond acceptors (Lipinski definition) is 2. The van der Waals surface area contributed by atoms with Gasteiger partial charge in [-0.15, -0.1) is 11.6 Å². The first-order valence-corrected chi connectivity index (χ1v) is 5.86. The lowest BCUT2D eigenvalue weighted by molar-refractivity contribution is 0.410. The molecule has 1 aromatic rings.